The van der Waals surface area contributed by atoms with Crippen molar-refractivity contribution in [3.8, 4) is 6.07 Å². The highest BCUT2D eigenvalue weighted by atomic mass is 35.5. The molecule has 0 aromatic rings. The zero-order chi connectivity index (χ0) is 14.1. The first kappa shape index (κ1) is 15.7. The molecule has 0 aliphatic heterocycles. The summed E-state index contributed by atoms with van der Waals surface area (Å²) in [5.74, 6) is -0.719. The molecule has 2 atom stereocenters. The van der Waals surface area contributed by atoms with Gasteiger partial charge in [-0.15, -0.1) is 0 Å². The average Bonchev–Trinajstić information content (AvgIpc) is 2.75. The van der Waals surface area contributed by atoms with Crippen LogP contribution in [0.2, 0.25) is 0 Å². The normalized spacial score (nSPS) is 23.6. The van der Waals surface area contributed by atoms with E-state index in [1.54, 1.807) is 12.1 Å². The third-order valence-electron chi connectivity index (χ3n) is 3.05. The fraction of sp³-hybridized carbons (Fsp3) is 0.455. The summed E-state index contributed by atoms with van der Waals surface area (Å²) < 4.78 is -0.151. The van der Waals surface area contributed by atoms with Gasteiger partial charge >= 0.3 is 0 Å². The summed E-state index contributed by atoms with van der Waals surface area (Å²) in [7, 11) is 0. The van der Waals surface area contributed by atoms with Gasteiger partial charge < -0.3 is 5.32 Å². The van der Waals surface area contributed by atoms with Crippen LogP contribution in [0.4, 0.5) is 0 Å². The Bertz CT molecular complexity index is 468. The fourth-order valence-corrected chi connectivity index (χ4v) is 2.39. The average molecular weight is 328 g/mol. The van der Waals surface area contributed by atoms with Gasteiger partial charge in [0.1, 0.15) is 15.1 Å². The monoisotopic (exact) mass is 326 g/mol. The summed E-state index contributed by atoms with van der Waals surface area (Å²) in [6.07, 6.45) is 1.62. The number of halogens is 4. The number of nitrogens with one attached hydrogen (secondary N) is 1. The second kappa shape index (κ2) is 5.71. The lowest BCUT2D eigenvalue weighted by molar-refractivity contribution is -0.122. The van der Waals surface area contributed by atoms with Crippen LogP contribution in [-0.4, -0.2) is 5.91 Å². The molecule has 0 unspecified atom stereocenters. The highest BCUT2D eigenvalue weighted by molar-refractivity contribution is 6.56. The van der Waals surface area contributed by atoms with Gasteiger partial charge in [0.05, 0.1) is 5.92 Å². The molecule has 0 saturated heterocycles. The lowest BCUT2D eigenvalue weighted by Gasteiger charge is -2.04. The van der Waals surface area contributed by atoms with E-state index < -0.39 is 0 Å². The Kier molecular flexibility index (Phi) is 4.97. The highest BCUT2D eigenvalue weighted by Gasteiger charge is 2.60. The van der Waals surface area contributed by atoms with E-state index in [0.29, 0.717) is 0 Å². The molecule has 0 aromatic carbocycles. The Morgan fingerprint density at radius 3 is 2.28 bits per heavy atom. The van der Waals surface area contributed by atoms with Crippen molar-refractivity contribution in [3.63, 3.8) is 0 Å². The molecular weight excluding hydrogens is 318 g/mol. The maximum Gasteiger partial charge on any atom is 0.229 e. The first-order valence-corrected chi connectivity index (χ1v) is 6.52. The van der Waals surface area contributed by atoms with Gasteiger partial charge in [0.2, 0.25) is 5.91 Å². The number of hydrogen-bond donors (Lipinski definition) is 1. The van der Waals surface area contributed by atoms with Gasteiger partial charge in [0.25, 0.3) is 0 Å². The molecular formula is C11H10Cl4N2O. The quantitative estimate of drug-likeness (QED) is 0.800. The third kappa shape index (κ3) is 3.33. The summed E-state index contributed by atoms with van der Waals surface area (Å²) in [6.45, 7) is 3.82. The van der Waals surface area contributed by atoms with E-state index in [1.807, 2.05) is 13.8 Å². The van der Waals surface area contributed by atoms with Crippen molar-refractivity contribution in [1.82, 2.24) is 5.32 Å². The SMILES string of the molecule is CC1(C)[C@@H](C=C(Cl)Cl)[C@@H]1C(=O)NC(C#N)=C(Cl)Cl. The molecule has 1 N–H and O–H groups in total. The number of rotatable bonds is 3. The maximum absolute atomic E-state index is 12.0. The molecule has 98 valence electrons. The standard InChI is InChI=1S/C11H10Cl4N2O/c1-11(2)5(3-7(12)13)8(11)10(18)17-6(4-16)9(14)15/h3,5,8H,1-2H3,(H,17,18)/t5-,8+/m0/s1. The van der Waals surface area contributed by atoms with Crippen molar-refractivity contribution >= 4 is 52.3 Å². The molecule has 1 rings (SSSR count). The summed E-state index contributed by atoms with van der Waals surface area (Å²) in [5, 5.41) is 11.1. The molecule has 0 heterocycles. The third-order valence-corrected chi connectivity index (χ3v) is 3.68. The van der Waals surface area contributed by atoms with Crippen molar-refractivity contribution in [2.24, 2.45) is 17.3 Å². The molecule has 1 saturated carbocycles. The van der Waals surface area contributed by atoms with E-state index in [4.69, 9.17) is 51.7 Å². The van der Waals surface area contributed by atoms with Crippen LogP contribution in [0.1, 0.15) is 13.8 Å². The van der Waals surface area contributed by atoms with Crippen molar-refractivity contribution in [1.29, 1.82) is 5.26 Å². The van der Waals surface area contributed by atoms with E-state index in [2.05, 4.69) is 5.32 Å². The second-order valence-electron chi connectivity index (χ2n) is 4.52. The van der Waals surface area contributed by atoms with Gasteiger partial charge in [-0.25, -0.2) is 0 Å². The molecule has 1 fully saturated rings. The largest absolute Gasteiger partial charge is 0.315 e. The van der Waals surface area contributed by atoms with Crippen LogP contribution < -0.4 is 5.32 Å². The Morgan fingerprint density at radius 2 is 1.89 bits per heavy atom. The summed E-state index contributed by atoms with van der Waals surface area (Å²) >= 11 is 22.1. The van der Waals surface area contributed by atoms with Crippen LogP contribution in [0.3, 0.4) is 0 Å². The first-order chi connectivity index (χ1) is 8.21. The second-order valence-corrected chi connectivity index (χ2v) is 6.47. The molecule has 0 spiro atoms. The molecule has 1 amide bonds. The Balaban J connectivity index is 2.80. The van der Waals surface area contributed by atoms with Gasteiger partial charge in [-0.05, 0) is 17.4 Å². The van der Waals surface area contributed by atoms with Crippen LogP contribution in [0.25, 0.3) is 0 Å². The van der Waals surface area contributed by atoms with Crippen molar-refractivity contribution in [2.45, 2.75) is 13.8 Å². The van der Waals surface area contributed by atoms with Gasteiger partial charge in [-0.2, -0.15) is 5.26 Å². The molecule has 0 radical (unpaired) electrons. The molecule has 0 bridgehead atoms. The predicted molar refractivity (Wildman–Crippen MR) is 73.0 cm³/mol. The summed E-state index contributed by atoms with van der Waals surface area (Å²) in [4.78, 5) is 12.0. The summed E-state index contributed by atoms with van der Waals surface area (Å²) in [6, 6.07) is 1.71. The minimum Gasteiger partial charge on any atom is -0.315 e. The fourth-order valence-electron chi connectivity index (χ4n) is 1.94. The lowest BCUT2D eigenvalue weighted by Crippen LogP contribution is -2.26. The van der Waals surface area contributed by atoms with Crippen LogP contribution in [0, 0.1) is 28.6 Å². The Hall–Kier alpha value is -0.400. The predicted octanol–water partition coefficient (Wildman–Crippen LogP) is 3.86. The highest BCUT2D eigenvalue weighted by Crippen LogP contribution is 2.59. The zero-order valence-corrected chi connectivity index (χ0v) is 12.6. The van der Waals surface area contributed by atoms with Gasteiger partial charge in [-0.1, -0.05) is 60.3 Å². The Morgan fingerprint density at radius 1 is 1.33 bits per heavy atom. The van der Waals surface area contributed by atoms with Gasteiger partial charge in [0, 0.05) is 0 Å². The number of carbonyl (C=O) groups is 1. The number of amides is 1. The number of hydrogen-bond acceptors (Lipinski definition) is 2. The topological polar surface area (TPSA) is 52.9 Å². The van der Waals surface area contributed by atoms with E-state index >= 15 is 0 Å². The van der Waals surface area contributed by atoms with Crippen molar-refractivity contribution in [2.75, 3.05) is 0 Å². The van der Waals surface area contributed by atoms with E-state index in [0.717, 1.165) is 0 Å². The summed E-state index contributed by atoms with van der Waals surface area (Å²) in [5.41, 5.74) is -0.427. The van der Waals surface area contributed by atoms with Gasteiger partial charge in [0.15, 0.2) is 5.70 Å². The van der Waals surface area contributed by atoms with E-state index in [9.17, 15) is 4.79 Å². The van der Waals surface area contributed by atoms with Crippen molar-refractivity contribution < 1.29 is 4.79 Å². The Labute approximate surface area is 125 Å². The lowest BCUT2D eigenvalue weighted by atomic mass is 10.1. The molecule has 18 heavy (non-hydrogen) atoms. The van der Waals surface area contributed by atoms with Crippen LogP contribution >= 0.6 is 46.4 Å². The molecule has 3 nitrogen and oxygen atoms in total. The zero-order valence-electron chi connectivity index (χ0n) is 9.60. The number of carbonyl (C=O) groups excluding carboxylic acids is 1. The number of nitrogens with zero attached hydrogens (tertiary/aromatic N) is 1. The molecule has 7 heteroatoms. The number of nitriles is 1. The molecule has 0 aromatic heterocycles. The van der Waals surface area contributed by atoms with Crippen molar-refractivity contribution in [3.05, 3.63) is 20.8 Å². The van der Waals surface area contributed by atoms with E-state index in [1.165, 1.54) is 0 Å². The molecule has 1 aliphatic carbocycles. The smallest absolute Gasteiger partial charge is 0.229 e. The maximum atomic E-state index is 12.0. The van der Waals surface area contributed by atoms with Gasteiger partial charge in [-0.3, -0.25) is 4.79 Å². The minimum absolute atomic E-state index is 0.0726. The first-order valence-electron chi connectivity index (χ1n) is 5.01. The number of allylic oxidation sites excluding steroid dienone is 2. The van der Waals surface area contributed by atoms with E-state index in [-0.39, 0.29) is 37.8 Å². The van der Waals surface area contributed by atoms with Crippen LogP contribution in [0.5, 0.6) is 0 Å². The minimum atomic E-state index is -0.328. The molecule has 1 aliphatic rings. The van der Waals surface area contributed by atoms with Crippen LogP contribution in [-0.2, 0) is 4.79 Å². The van der Waals surface area contributed by atoms with Crippen LogP contribution in [0.15, 0.2) is 20.8 Å².